The maximum Gasteiger partial charge on any atom is 0.341 e. The number of sulfonamides is 1. The lowest BCUT2D eigenvalue weighted by atomic mass is 9.95. The molecule has 2 heterocycles. The Kier molecular flexibility index (Phi) is 7.21. The van der Waals surface area contributed by atoms with Gasteiger partial charge in [0.05, 0.1) is 24.1 Å². The van der Waals surface area contributed by atoms with E-state index in [1.807, 2.05) is 0 Å². The van der Waals surface area contributed by atoms with Crippen molar-refractivity contribution in [3.8, 4) is 0 Å². The summed E-state index contributed by atoms with van der Waals surface area (Å²) in [6.45, 7) is 3.03. The number of Topliss-reactive ketones (excluding diaryl/α,β-unsaturated/α-hetero) is 1. The van der Waals surface area contributed by atoms with Gasteiger partial charge in [0.2, 0.25) is 10.0 Å². The summed E-state index contributed by atoms with van der Waals surface area (Å²) >= 11 is 1.50. The number of ketones is 1. The Morgan fingerprint density at radius 3 is 2.76 bits per heavy atom. The number of nitrogens with zero attached hydrogens (tertiary/aromatic N) is 1. The zero-order valence-corrected chi connectivity index (χ0v) is 20.7. The second-order valence-electron chi connectivity index (χ2n) is 8.82. The van der Waals surface area contributed by atoms with Gasteiger partial charge in [-0.2, -0.15) is 4.31 Å². The number of ether oxygens (including phenoxy) is 1. The van der Waals surface area contributed by atoms with Crippen LogP contribution in [0, 0.1) is 5.92 Å². The molecule has 0 amide bonds. The van der Waals surface area contributed by atoms with Crippen LogP contribution in [-0.4, -0.2) is 51.2 Å². The maximum atomic E-state index is 13.1. The minimum Gasteiger partial charge on any atom is -0.465 e. The summed E-state index contributed by atoms with van der Waals surface area (Å²) in [6.07, 6.45) is 5.74. The molecule has 0 saturated carbocycles. The molecule has 9 heteroatoms. The Hall–Kier alpha value is -2.23. The number of carbonyl (C=O) groups excluding carboxylic acids is 2. The van der Waals surface area contributed by atoms with Gasteiger partial charge in [0.25, 0.3) is 0 Å². The second kappa shape index (κ2) is 9.95. The first-order valence-electron chi connectivity index (χ1n) is 11.4. The summed E-state index contributed by atoms with van der Waals surface area (Å²) in [7, 11) is -2.28. The third-order valence-corrected chi connectivity index (χ3v) is 9.49. The van der Waals surface area contributed by atoms with Crippen LogP contribution >= 0.6 is 11.3 Å². The number of methoxy groups -OCH3 is 1. The molecule has 1 aliphatic heterocycles. The molecule has 7 nitrogen and oxygen atoms in total. The molecule has 1 unspecified atom stereocenters. The number of benzene rings is 1. The third kappa shape index (κ3) is 5.00. The van der Waals surface area contributed by atoms with E-state index in [9.17, 15) is 18.0 Å². The van der Waals surface area contributed by atoms with Gasteiger partial charge in [-0.05, 0) is 62.1 Å². The highest BCUT2D eigenvalue weighted by molar-refractivity contribution is 7.89. The zero-order chi connectivity index (χ0) is 23.6. The van der Waals surface area contributed by atoms with Gasteiger partial charge in [-0.25, -0.2) is 13.2 Å². The lowest BCUT2D eigenvalue weighted by Gasteiger charge is -2.30. The molecule has 0 radical (unpaired) electrons. The minimum absolute atomic E-state index is 0.0341. The van der Waals surface area contributed by atoms with E-state index in [4.69, 9.17) is 4.74 Å². The predicted molar refractivity (Wildman–Crippen MR) is 129 cm³/mol. The normalized spacial score (nSPS) is 19.0. The van der Waals surface area contributed by atoms with Gasteiger partial charge in [-0.15, -0.1) is 11.3 Å². The van der Waals surface area contributed by atoms with E-state index in [1.54, 1.807) is 18.2 Å². The monoisotopic (exact) mass is 490 g/mol. The predicted octanol–water partition coefficient (Wildman–Crippen LogP) is 4.13. The summed E-state index contributed by atoms with van der Waals surface area (Å²) in [4.78, 5) is 26.6. The molecular weight excluding hydrogens is 460 g/mol. The van der Waals surface area contributed by atoms with Crippen LogP contribution in [0.5, 0.6) is 0 Å². The molecule has 1 fully saturated rings. The summed E-state index contributed by atoms with van der Waals surface area (Å²) in [5, 5.41) is 3.77. The Morgan fingerprint density at radius 2 is 2.00 bits per heavy atom. The molecule has 33 heavy (non-hydrogen) atoms. The van der Waals surface area contributed by atoms with Crippen molar-refractivity contribution < 1.29 is 22.7 Å². The number of anilines is 1. The molecule has 1 aliphatic carbocycles. The molecule has 1 saturated heterocycles. The number of carbonyl (C=O) groups is 2. The highest BCUT2D eigenvalue weighted by Gasteiger charge is 2.29. The largest absolute Gasteiger partial charge is 0.465 e. The van der Waals surface area contributed by atoms with Gasteiger partial charge in [0, 0.05) is 23.5 Å². The van der Waals surface area contributed by atoms with E-state index in [2.05, 4.69) is 12.2 Å². The van der Waals surface area contributed by atoms with Crippen molar-refractivity contribution in [3.63, 3.8) is 0 Å². The van der Waals surface area contributed by atoms with E-state index < -0.39 is 16.0 Å². The lowest BCUT2D eigenvalue weighted by Crippen LogP contribution is -2.39. The Bertz CT molecular complexity index is 1160. The van der Waals surface area contributed by atoms with Gasteiger partial charge in [-0.3, -0.25) is 4.79 Å². The third-order valence-electron chi connectivity index (χ3n) is 6.38. The minimum atomic E-state index is -3.64. The summed E-state index contributed by atoms with van der Waals surface area (Å²) in [5.74, 6) is -0.308. The van der Waals surface area contributed by atoms with Crippen LogP contribution in [0.2, 0.25) is 0 Å². The van der Waals surface area contributed by atoms with Crippen LogP contribution in [0.4, 0.5) is 5.00 Å². The molecule has 0 bridgehead atoms. The van der Waals surface area contributed by atoms with Crippen molar-refractivity contribution in [2.24, 2.45) is 5.92 Å². The molecule has 1 N–H and O–H groups in total. The number of fused-ring (bicyclic) bond motifs is 1. The SMILES string of the molecule is COC(=O)c1c(NCC(=O)c2cccc(S(=O)(=O)N3CCCC(C)C3)c2)sc2c1CCCC2. The quantitative estimate of drug-likeness (QED) is 0.463. The Labute approximate surface area is 199 Å². The molecule has 4 rings (SSSR count). The van der Waals surface area contributed by atoms with E-state index in [-0.39, 0.29) is 17.2 Å². The van der Waals surface area contributed by atoms with Crippen LogP contribution in [0.25, 0.3) is 0 Å². The topological polar surface area (TPSA) is 92.8 Å². The zero-order valence-electron chi connectivity index (χ0n) is 19.1. The maximum absolute atomic E-state index is 13.1. The van der Waals surface area contributed by atoms with E-state index >= 15 is 0 Å². The van der Waals surface area contributed by atoms with Crippen molar-refractivity contribution in [1.29, 1.82) is 0 Å². The fourth-order valence-corrected chi connectivity index (χ4v) is 7.53. The van der Waals surface area contributed by atoms with E-state index in [0.29, 0.717) is 35.1 Å². The first kappa shape index (κ1) is 23.9. The number of aryl methyl sites for hydroxylation is 1. The van der Waals surface area contributed by atoms with Gasteiger partial charge >= 0.3 is 5.97 Å². The van der Waals surface area contributed by atoms with Crippen molar-refractivity contribution in [2.75, 3.05) is 32.1 Å². The average molecular weight is 491 g/mol. The standard InChI is InChI=1S/C24H30N2O5S2/c1-16-7-6-12-26(15-16)33(29,30)18-9-5-8-17(13-18)20(27)14-25-23-22(24(28)31-2)19-10-3-4-11-21(19)32-23/h5,8-9,13,16,25H,3-4,6-7,10-12,14-15H2,1-2H3. The number of hydrogen-bond acceptors (Lipinski definition) is 7. The molecule has 0 spiro atoms. The van der Waals surface area contributed by atoms with Crippen molar-refractivity contribution >= 4 is 38.1 Å². The number of hydrogen-bond donors (Lipinski definition) is 1. The highest BCUT2D eigenvalue weighted by Crippen LogP contribution is 2.38. The number of piperidine rings is 1. The van der Waals surface area contributed by atoms with Gasteiger partial charge in [0.1, 0.15) is 5.00 Å². The van der Waals surface area contributed by atoms with Crippen molar-refractivity contribution in [1.82, 2.24) is 4.31 Å². The van der Waals surface area contributed by atoms with Gasteiger partial charge < -0.3 is 10.1 Å². The molecule has 1 aromatic carbocycles. The molecule has 178 valence electrons. The molecule has 1 atom stereocenters. The molecular formula is C24H30N2O5S2. The Balaban J connectivity index is 1.51. The van der Waals surface area contributed by atoms with Crippen LogP contribution < -0.4 is 5.32 Å². The fourth-order valence-electron chi connectivity index (χ4n) is 4.61. The number of esters is 1. The molecule has 2 aliphatic rings. The van der Waals surface area contributed by atoms with Crippen LogP contribution in [0.15, 0.2) is 29.2 Å². The average Bonchev–Trinajstić information content (AvgIpc) is 3.20. The fraction of sp³-hybridized carbons (Fsp3) is 0.500. The van der Waals surface area contributed by atoms with Crippen LogP contribution in [-0.2, 0) is 27.6 Å². The number of thiophene rings is 1. The summed E-state index contributed by atoms with van der Waals surface area (Å²) in [6, 6.07) is 6.24. The molecule has 2 aromatic rings. The van der Waals surface area contributed by atoms with Crippen molar-refractivity contribution in [2.45, 2.75) is 50.3 Å². The van der Waals surface area contributed by atoms with Gasteiger partial charge in [-0.1, -0.05) is 19.1 Å². The van der Waals surface area contributed by atoms with Crippen LogP contribution in [0.3, 0.4) is 0 Å². The van der Waals surface area contributed by atoms with E-state index in [0.717, 1.165) is 44.1 Å². The second-order valence-corrected chi connectivity index (χ2v) is 11.9. The number of nitrogens with one attached hydrogen (secondary N) is 1. The first-order chi connectivity index (χ1) is 15.8. The van der Waals surface area contributed by atoms with Gasteiger partial charge in [0.15, 0.2) is 5.78 Å². The van der Waals surface area contributed by atoms with E-state index in [1.165, 1.54) is 33.7 Å². The highest BCUT2D eigenvalue weighted by atomic mass is 32.2. The summed E-state index contributed by atoms with van der Waals surface area (Å²) < 4.78 is 32.7. The summed E-state index contributed by atoms with van der Waals surface area (Å²) in [5.41, 5.74) is 1.88. The number of rotatable bonds is 7. The lowest BCUT2D eigenvalue weighted by molar-refractivity contribution is 0.0600. The first-order valence-corrected chi connectivity index (χ1v) is 13.7. The van der Waals surface area contributed by atoms with Crippen molar-refractivity contribution in [3.05, 3.63) is 45.8 Å². The van der Waals surface area contributed by atoms with Crippen LogP contribution in [0.1, 0.15) is 63.8 Å². The molecule has 1 aromatic heterocycles. The Morgan fingerprint density at radius 1 is 1.21 bits per heavy atom. The smallest absolute Gasteiger partial charge is 0.341 e.